The Morgan fingerprint density at radius 1 is 1.05 bits per heavy atom. The highest BCUT2D eigenvalue weighted by molar-refractivity contribution is 7.90. The van der Waals surface area contributed by atoms with Gasteiger partial charge in [-0.25, -0.2) is 13.4 Å². The maximum Gasteiger partial charge on any atom is 0.149 e. The number of aromatic nitrogens is 4. The predicted octanol–water partition coefficient (Wildman–Crippen LogP) is 6.84. The number of aromatic amines is 1. The van der Waals surface area contributed by atoms with Crippen LogP contribution in [0, 0.1) is 11.8 Å². The SMILES string of the molecule is CC(C)c1c(-c2cn(CCS(C)(=O)=O)c3ncccc23)[nH]c2ccc(C3CCC(CC4CCOCC4)CC3)nc12. The van der Waals surface area contributed by atoms with E-state index >= 15 is 0 Å². The number of pyridine rings is 2. The van der Waals surface area contributed by atoms with Gasteiger partial charge < -0.3 is 14.3 Å². The minimum Gasteiger partial charge on any atom is -0.381 e. The fourth-order valence-corrected chi connectivity index (χ4v) is 7.53. The van der Waals surface area contributed by atoms with E-state index in [1.54, 1.807) is 6.20 Å². The Bertz CT molecular complexity index is 1590. The van der Waals surface area contributed by atoms with Gasteiger partial charge in [-0.05, 0) is 87.0 Å². The smallest absolute Gasteiger partial charge is 0.149 e. The van der Waals surface area contributed by atoms with Crippen molar-refractivity contribution in [3.63, 3.8) is 0 Å². The summed E-state index contributed by atoms with van der Waals surface area (Å²) in [4.78, 5) is 13.6. The van der Waals surface area contributed by atoms with Crippen LogP contribution < -0.4 is 0 Å². The van der Waals surface area contributed by atoms with E-state index in [1.165, 1.54) is 62.5 Å². The summed E-state index contributed by atoms with van der Waals surface area (Å²) in [5.41, 5.74) is 7.47. The number of hydrogen-bond donors (Lipinski definition) is 1. The molecule has 4 aromatic rings. The first-order valence-corrected chi connectivity index (χ1v) is 17.0. The number of nitrogens with one attached hydrogen (secondary N) is 1. The molecule has 0 aromatic carbocycles. The molecule has 2 fully saturated rings. The highest BCUT2D eigenvalue weighted by Gasteiger charge is 2.28. The van der Waals surface area contributed by atoms with Gasteiger partial charge in [-0.1, -0.05) is 13.8 Å². The summed E-state index contributed by atoms with van der Waals surface area (Å²) in [5, 5.41) is 1.02. The Labute approximate surface area is 237 Å². The molecule has 0 radical (unpaired) electrons. The van der Waals surface area contributed by atoms with E-state index in [0.717, 1.165) is 58.4 Å². The molecule has 0 spiro atoms. The summed E-state index contributed by atoms with van der Waals surface area (Å²) in [6.07, 6.45) is 14.0. The molecule has 6 rings (SSSR count). The lowest BCUT2D eigenvalue weighted by molar-refractivity contribution is 0.0558. The molecule has 214 valence electrons. The van der Waals surface area contributed by atoms with Crippen LogP contribution in [0.2, 0.25) is 0 Å². The lowest BCUT2D eigenvalue weighted by Gasteiger charge is -2.32. The number of aryl methyl sites for hydroxylation is 1. The van der Waals surface area contributed by atoms with Gasteiger partial charge in [0.1, 0.15) is 15.5 Å². The van der Waals surface area contributed by atoms with E-state index in [4.69, 9.17) is 9.72 Å². The molecule has 1 saturated heterocycles. The van der Waals surface area contributed by atoms with Gasteiger partial charge in [-0.2, -0.15) is 0 Å². The third-order valence-electron chi connectivity index (χ3n) is 9.16. The van der Waals surface area contributed by atoms with Gasteiger partial charge in [0.05, 0.1) is 22.5 Å². The molecule has 0 unspecified atom stereocenters. The number of H-pyrrole nitrogens is 1. The molecule has 8 heteroatoms. The van der Waals surface area contributed by atoms with Crippen molar-refractivity contribution in [2.45, 2.75) is 77.2 Å². The molecule has 1 aliphatic carbocycles. The van der Waals surface area contributed by atoms with Crippen LogP contribution in [-0.4, -0.2) is 53.2 Å². The molecule has 4 aromatic heterocycles. The lowest BCUT2D eigenvalue weighted by Crippen LogP contribution is -2.21. The molecule has 40 heavy (non-hydrogen) atoms. The second-order valence-electron chi connectivity index (χ2n) is 12.5. The molecular weight excluding hydrogens is 520 g/mol. The zero-order chi connectivity index (χ0) is 27.9. The second kappa shape index (κ2) is 11.3. The Hall–Kier alpha value is -2.71. The van der Waals surface area contributed by atoms with Crippen LogP contribution in [0.1, 0.15) is 81.9 Å². The van der Waals surface area contributed by atoms with E-state index in [-0.39, 0.29) is 11.7 Å². The van der Waals surface area contributed by atoms with Crippen molar-refractivity contribution < 1.29 is 13.2 Å². The number of ether oxygens (including phenoxy) is 1. The van der Waals surface area contributed by atoms with Crippen LogP contribution in [0.3, 0.4) is 0 Å². The Kier molecular flexibility index (Phi) is 7.75. The molecule has 1 N–H and O–H groups in total. The number of nitrogens with zero attached hydrogens (tertiary/aromatic N) is 3. The van der Waals surface area contributed by atoms with Gasteiger partial charge in [-0.15, -0.1) is 0 Å². The van der Waals surface area contributed by atoms with Gasteiger partial charge in [0.25, 0.3) is 0 Å². The summed E-state index contributed by atoms with van der Waals surface area (Å²) in [6.45, 7) is 6.71. The minimum absolute atomic E-state index is 0.0821. The van der Waals surface area contributed by atoms with Crippen molar-refractivity contribution in [2.75, 3.05) is 25.2 Å². The topological polar surface area (TPSA) is 89.9 Å². The average Bonchev–Trinajstić information content (AvgIpc) is 3.51. The number of sulfone groups is 1. The monoisotopic (exact) mass is 562 g/mol. The molecule has 2 aliphatic rings. The maximum atomic E-state index is 11.9. The van der Waals surface area contributed by atoms with Crippen molar-refractivity contribution in [3.05, 3.63) is 47.9 Å². The van der Waals surface area contributed by atoms with E-state index < -0.39 is 9.84 Å². The lowest BCUT2D eigenvalue weighted by atomic mass is 9.75. The number of hydrogen-bond acceptors (Lipinski definition) is 5. The van der Waals surface area contributed by atoms with E-state index in [0.29, 0.717) is 12.5 Å². The van der Waals surface area contributed by atoms with Gasteiger partial charge >= 0.3 is 0 Å². The van der Waals surface area contributed by atoms with Crippen molar-refractivity contribution in [2.24, 2.45) is 11.8 Å². The van der Waals surface area contributed by atoms with Gasteiger partial charge in [0.2, 0.25) is 0 Å². The predicted molar refractivity (Wildman–Crippen MR) is 161 cm³/mol. The first kappa shape index (κ1) is 27.5. The number of rotatable bonds is 8. The zero-order valence-corrected chi connectivity index (χ0v) is 24.8. The summed E-state index contributed by atoms with van der Waals surface area (Å²) in [5.74, 6) is 2.58. The molecule has 5 heterocycles. The Morgan fingerprint density at radius 2 is 1.80 bits per heavy atom. The van der Waals surface area contributed by atoms with Crippen LogP contribution >= 0.6 is 0 Å². The molecule has 7 nitrogen and oxygen atoms in total. The maximum absolute atomic E-state index is 11.9. The summed E-state index contributed by atoms with van der Waals surface area (Å²) in [7, 11) is -3.09. The van der Waals surface area contributed by atoms with Crippen LogP contribution in [0.25, 0.3) is 33.3 Å². The largest absolute Gasteiger partial charge is 0.381 e. The summed E-state index contributed by atoms with van der Waals surface area (Å²) >= 11 is 0. The molecule has 1 saturated carbocycles. The van der Waals surface area contributed by atoms with E-state index in [9.17, 15) is 8.42 Å². The molecule has 0 bridgehead atoms. The third kappa shape index (κ3) is 5.70. The fourth-order valence-electron chi connectivity index (χ4n) is 7.01. The Morgan fingerprint density at radius 3 is 2.52 bits per heavy atom. The van der Waals surface area contributed by atoms with Crippen molar-refractivity contribution in [1.82, 2.24) is 19.5 Å². The van der Waals surface area contributed by atoms with Crippen molar-refractivity contribution in [1.29, 1.82) is 0 Å². The first-order valence-electron chi connectivity index (χ1n) is 15.0. The first-order chi connectivity index (χ1) is 19.3. The normalized spacial score (nSPS) is 21.1. The van der Waals surface area contributed by atoms with Crippen LogP contribution in [0.5, 0.6) is 0 Å². The highest BCUT2D eigenvalue weighted by Crippen LogP contribution is 2.42. The third-order valence-corrected chi connectivity index (χ3v) is 10.1. The average molecular weight is 563 g/mol. The van der Waals surface area contributed by atoms with Crippen LogP contribution in [-0.2, 0) is 21.1 Å². The van der Waals surface area contributed by atoms with Gasteiger partial charge in [-0.3, -0.25) is 4.98 Å². The summed E-state index contributed by atoms with van der Waals surface area (Å²) < 4.78 is 31.3. The second-order valence-corrected chi connectivity index (χ2v) is 14.7. The van der Waals surface area contributed by atoms with Crippen molar-refractivity contribution >= 4 is 31.9 Å². The number of fused-ring (bicyclic) bond motifs is 2. The van der Waals surface area contributed by atoms with Crippen LogP contribution in [0.15, 0.2) is 36.7 Å². The highest BCUT2D eigenvalue weighted by atomic mass is 32.2. The molecular formula is C32H42N4O3S. The molecule has 0 amide bonds. The summed E-state index contributed by atoms with van der Waals surface area (Å²) in [6, 6.07) is 8.45. The quantitative estimate of drug-likeness (QED) is 0.254. The molecule has 0 atom stereocenters. The van der Waals surface area contributed by atoms with E-state index in [2.05, 4.69) is 48.2 Å². The Balaban J connectivity index is 1.29. The zero-order valence-electron chi connectivity index (χ0n) is 24.0. The van der Waals surface area contributed by atoms with Gasteiger partial charge in [0.15, 0.2) is 0 Å². The minimum atomic E-state index is -3.09. The standard InChI is InChI=1S/C32H42N4O3S/c1-21(2)29-30(26-20-36(15-18-40(3,37)38)32-25(26)5-4-14-33-32)35-28-11-10-27(34-31(28)29)24-8-6-22(7-9-24)19-23-12-16-39-17-13-23/h4-5,10-11,14,20-24,35H,6-9,12-13,15-19H2,1-3H3. The van der Waals surface area contributed by atoms with E-state index in [1.807, 2.05) is 10.6 Å². The fraction of sp³-hybridized carbons (Fsp3) is 0.562. The van der Waals surface area contributed by atoms with Crippen LogP contribution in [0.4, 0.5) is 0 Å². The van der Waals surface area contributed by atoms with Gasteiger partial charge in [0, 0.05) is 66.5 Å². The van der Waals surface area contributed by atoms with Crippen molar-refractivity contribution in [3.8, 4) is 11.3 Å². The molecule has 1 aliphatic heterocycles.